The summed E-state index contributed by atoms with van der Waals surface area (Å²) < 4.78 is 5.76. The zero-order valence-corrected chi connectivity index (χ0v) is 11.0. The van der Waals surface area contributed by atoms with Gasteiger partial charge in [-0.1, -0.05) is 24.3 Å². The van der Waals surface area contributed by atoms with Crippen LogP contribution in [0, 0.1) is 0 Å². The summed E-state index contributed by atoms with van der Waals surface area (Å²) in [6, 6.07) is 8.55. The van der Waals surface area contributed by atoms with Crippen molar-refractivity contribution in [2.45, 2.75) is 31.4 Å². The Hall–Kier alpha value is -1.39. The zero-order valence-electron chi connectivity index (χ0n) is 11.0. The van der Waals surface area contributed by atoms with E-state index in [0.29, 0.717) is 13.0 Å². The summed E-state index contributed by atoms with van der Waals surface area (Å²) in [4.78, 5) is 12.1. The number of ether oxygens (including phenoxy) is 1. The molecule has 19 heavy (non-hydrogen) atoms. The minimum atomic E-state index is -0.0840. The molecule has 1 saturated heterocycles. The number of carbonyl (C=O) groups excluding carboxylic acids is 1. The van der Waals surface area contributed by atoms with Gasteiger partial charge in [0, 0.05) is 12.6 Å². The van der Waals surface area contributed by atoms with Crippen LogP contribution in [0.15, 0.2) is 24.3 Å². The third kappa shape index (κ3) is 2.96. The molecule has 4 heteroatoms. The molecule has 2 heterocycles. The van der Waals surface area contributed by atoms with Crippen LogP contribution in [0.3, 0.4) is 0 Å². The topological polar surface area (TPSA) is 50.4 Å². The molecule has 2 aliphatic heterocycles. The third-order valence-electron chi connectivity index (χ3n) is 3.89. The molecular formula is C15H20N2O2. The summed E-state index contributed by atoms with van der Waals surface area (Å²) in [5.41, 5.74) is 2.49. The van der Waals surface area contributed by atoms with Crippen molar-refractivity contribution in [3.05, 3.63) is 35.4 Å². The molecule has 0 spiro atoms. The lowest BCUT2D eigenvalue weighted by atomic mass is 9.95. The highest BCUT2D eigenvalue weighted by Crippen LogP contribution is 2.29. The molecule has 1 aromatic rings. The highest BCUT2D eigenvalue weighted by molar-refractivity contribution is 5.77. The van der Waals surface area contributed by atoms with Crippen molar-refractivity contribution in [2.24, 2.45) is 0 Å². The maximum atomic E-state index is 12.1. The lowest BCUT2D eigenvalue weighted by molar-refractivity contribution is -0.125. The van der Waals surface area contributed by atoms with E-state index < -0.39 is 0 Å². The Morgan fingerprint density at radius 3 is 3.16 bits per heavy atom. The summed E-state index contributed by atoms with van der Waals surface area (Å²) in [6.45, 7) is 2.58. The molecule has 0 saturated carbocycles. The number of fused-ring (bicyclic) bond motifs is 1. The van der Waals surface area contributed by atoms with Crippen LogP contribution in [0.1, 0.15) is 30.1 Å². The Bertz CT molecular complexity index is 455. The Morgan fingerprint density at radius 2 is 2.32 bits per heavy atom. The summed E-state index contributed by atoms with van der Waals surface area (Å²) >= 11 is 0. The maximum absolute atomic E-state index is 12.1. The first kappa shape index (κ1) is 12.6. The summed E-state index contributed by atoms with van der Waals surface area (Å²) in [5.74, 6) is 0.0930. The fourth-order valence-corrected chi connectivity index (χ4v) is 2.88. The van der Waals surface area contributed by atoms with Crippen LogP contribution in [-0.4, -0.2) is 31.6 Å². The van der Waals surface area contributed by atoms with E-state index in [1.807, 2.05) is 12.1 Å². The van der Waals surface area contributed by atoms with E-state index in [0.717, 1.165) is 25.9 Å². The first-order valence-electron chi connectivity index (χ1n) is 7.02. The number of rotatable bonds is 3. The second kappa shape index (κ2) is 5.72. The molecule has 2 aliphatic rings. The number of carbonyl (C=O) groups is 1. The summed E-state index contributed by atoms with van der Waals surface area (Å²) in [7, 11) is 0. The van der Waals surface area contributed by atoms with E-state index in [4.69, 9.17) is 4.74 Å². The monoisotopic (exact) mass is 260 g/mol. The van der Waals surface area contributed by atoms with Crippen LogP contribution >= 0.6 is 0 Å². The number of hydrogen-bond donors (Lipinski definition) is 2. The van der Waals surface area contributed by atoms with Crippen molar-refractivity contribution in [3.63, 3.8) is 0 Å². The molecule has 1 aromatic carbocycles. The fraction of sp³-hybridized carbons (Fsp3) is 0.533. The van der Waals surface area contributed by atoms with Gasteiger partial charge < -0.3 is 15.4 Å². The van der Waals surface area contributed by atoms with Crippen molar-refractivity contribution >= 4 is 5.91 Å². The molecule has 4 nitrogen and oxygen atoms in total. The van der Waals surface area contributed by atoms with Gasteiger partial charge in [0.2, 0.25) is 5.91 Å². The van der Waals surface area contributed by atoms with Gasteiger partial charge >= 0.3 is 0 Å². The number of amides is 1. The molecule has 2 unspecified atom stereocenters. The molecule has 0 aromatic heterocycles. The lowest BCUT2D eigenvalue weighted by Crippen LogP contribution is -2.37. The largest absolute Gasteiger partial charge is 0.373 e. The predicted octanol–water partition coefficient (Wildman–Crippen LogP) is 1.17. The van der Waals surface area contributed by atoms with Crippen LogP contribution in [0.2, 0.25) is 0 Å². The number of nitrogens with one attached hydrogen (secondary N) is 2. The van der Waals surface area contributed by atoms with Crippen LogP contribution in [-0.2, 0) is 16.0 Å². The van der Waals surface area contributed by atoms with Gasteiger partial charge in [0.15, 0.2) is 0 Å². The average molecular weight is 260 g/mol. The minimum absolute atomic E-state index is 0.0840. The van der Waals surface area contributed by atoms with Gasteiger partial charge in [-0.15, -0.1) is 0 Å². The zero-order chi connectivity index (χ0) is 13.1. The molecule has 0 bridgehead atoms. The molecule has 0 radical (unpaired) electrons. The van der Waals surface area contributed by atoms with E-state index in [1.54, 1.807) is 0 Å². The minimum Gasteiger partial charge on any atom is -0.373 e. The van der Waals surface area contributed by atoms with Gasteiger partial charge in [-0.3, -0.25) is 4.79 Å². The average Bonchev–Trinajstić information content (AvgIpc) is 2.92. The van der Waals surface area contributed by atoms with E-state index in [1.165, 1.54) is 11.1 Å². The van der Waals surface area contributed by atoms with Crippen LogP contribution in [0.5, 0.6) is 0 Å². The highest BCUT2D eigenvalue weighted by Gasteiger charge is 2.24. The highest BCUT2D eigenvalue weighted by atomic mass is 16.5. The van der Waals surface area contributed by atoms with Crippen molar-refractivity contribution in [1.82, 2.24) is 10.6 Å². The standard InChI is InChI=1S/C15H20N2O2/c18-15(17-12-5-7-16-10-12)9-14-13-4-2-1-3-11(13)6-8-19-14/h1-4,12,14,16H,5-10H2,(H,17,18). The van der Waals surface area contributed by atoms with Gasteiger partial charge in [0.05, 0.1) is 19.1 Å². The first-order valence-corrected chi connectivity index (χ1v) is 7.02. The quantitative estimate of drug-likeness (QED) is 0.857. The van der Waals surface area contributed by atoms with Gasteiger partial charge in [-0.05, 0) is 30.5 Å². The maximum Gasteiger partial charge on any atom is 0.223 e. The second-order valence-corrected chi connectivity index (χ2v) is 5.27. The van der Waals surface area contributed by atoms with Gasteiger partial charge in [-0.25, -0.2) is 0 Å². The van der Waals surface area contributed by atoms with Crippen molar-refractivity contribution in [3.8, 4) is 0 Å². The van der Waals surface area contributed by atoms with Gasteiger partial charge in [-0.2, -0.15) is 0 Å². The first-order chi connectivity index (χ1) is 9.33. The van der Waals surface area contributed by atoms with Crippen LogP contribution in [0.4, 0.5) is 0 Å². The molecule has 102 valence electrons. The fourth-order valence-electron chi connectivity index (χ4n) is 2.88. The van der Waals surface area contributed by atoms with Crippen molar-refractivity contribution in [1.29, 1.82) is 0 Å². The van der Waals surface area contributed by atoms with Gasteiger partial charge in [0.1, 0.15) is 0 Å². The lowest BCUT2D eigenvalue weighted by Gasteiger charge is -2.26. The smallest absolute Gasteiger partial charge is 0.223 e. The number of benzene rings is 1. The molecule has 3 rings (SSSR count). The normalized spacial score (nSPS) is 25.9. The molecule has 2 atom stereocenters. The molecular weight excluding hydrogens is 240 g/mol. The second-order valence-electron chi connectivity index (χ2n) is 5.27. The molecule has 1 fully saturated rings. The Balaban J connectivity index is 1.62. The van der Waals surface area contributed by atoms with Crippen LogP contribution < -0.4 is 10.6 Å². The van der Waals surface area contributed by atoms with E-state index in [2.05, 4.69) is 22.8 Å². The molecule has 0 aliphatic carbocycles. The van der Waals surface area contributed by atoms with Crippen molar-refractivity contribution < 1.29 is 9.53 Å². The van der Waals surface area contributed by atoms with Crippen LogP contribution in [0.25, 0.3) is 0 Å². The Kier molecular flexibility index (Phi) is 3.80. The molecule has 1 amide bonds. The van der Waals surface area contributed by atoms with Gasteiger partial charge in [0.25, 0.3) is 0 Å². The predicted molar refractivity (Wildman–Crippen MR) is 72.9 cm³/mol. The third-order valence-corrected chi connectivity index (χ3v) is 3.89. The molecule has 2 N–H and O–H groups in total. The Labute approximate surface area is 113 Å². The van der Waals surface area contributed by atoms with E-state index in [9.17, 15) is 4.79 Å². The van der Waals surface area contributed by atoms with Crippen molar-refractivity contribution in [2.75, 3.05) is 19.7 Å². The SMILES string of the molecule is O=C(CC1OCCc2ccccc21)NC1CCNC1. The number of hydrogen-bond acceptors (Lipinski definition) is 3. The van der Waals surface area contributed by atoms with E-state index >= 15 is 0 Å². The summed E-state index contributed by atoms with van der Waals surface area (Å²) in [5, 5.41) is 6.33. The summed E-state index contributed by atoms with van der Waals surface area (Å²) in [6.07, 6.45) is 2.31. The van der Waals surface area contributed by atoms with E-state index in [-0.39, 0.29) is 18.1 Å². The Morgan fingerprint density at radius 1 is 1.42 bits per heavy atom.